The number of H-pyrrole nitrogens is 1. The maximum absolute atomic E-state index is 5.12. The van der Waals surface area contributed by atoms with E-state index < -0.39 is 0 Å². The number of anilines is 1. The van der Waals surface area contributed by atoms with Gasteiger partial charge in [0.1, 0.15) is 0 Å². The quantitative estimate of drug-likeness (QED) is 0.774. The fraction of sp³-hybridized carbons (Fsp3) is 0.800. The van der Waals surface area contributed by atoms with Crippen molar-refractivity contribution in [1.29, 1.82) is 0 Å². The lowest BCUT2D eigenvalue weighted by molar-refractivity contribution is 0.202. The lowest BCUT2D eigenvalue weighted by Gasteiger charge is -2.28. The van der Waals surface area contributed by atoms with Gasteiger partial charge < -0.3 is 9.64 Å². The van der Waals surface area contributed by atoms with E-state index in [1.807, 2.05) is 11.6 Å². The maximum atomic E-state index is 5.12. The van der Waals surface area contributed by atoms with E-state index in [4.69, 9.17) is 17.0 Å². The summed E-state index contributed by atoms with van der Waals surface area (Å²) in [5.41, 5.74) is 0. The predicted octanol–water partition coefficient (Wildman–Crippen LogP) is 1.73. The summed E-state index contributed by atoms with van der Waals surface area (Å²) in [6.07, 6.45) is 1.06. The number of ether oxygens (including phenoxy) is 1. The van der Waals surface area contributed by atoms with Gasteiger partial charge in [0.15, 0.2) is 4.77 Å². The Labute approximate surface area is 101 Å². The molecule has 1 aromatic heterocycles. The van der Waals surface area contributed by atoms with Crippen LogP contribution in [-0.2, 0) is 11.8 Å². The Bertz CT molecular complexity index is 373. The SMILES string of the molecule is CCC(C)N(CCOC)c1n[nH]c(=S)n1C. The third kappa shape index (κ3) is 2.82. The number of nitrogens with one attached hydrogen (secondary N) is 1. The van der Waals surface area contributed by atoms with Gasteiger partial charge in [-0.15, -0.1) is 5.10 Å². The van der Waals surface area contributed by atoms with Crippen LogP contribution in [0.25, 0.3) is 0 Å². The van der Waals surface area contributed by atoms with Crippen LogP contribution in [0.2, 0.25) is 0 Å². The minimum Gasteiger partial charge on any atom is -0.383 e. The third-order valence-corrected chi connectivity index (χ3v) is 3.14. The Morgan fingerprint density at radius 1 is 1.62 bits per heavy atom. The Morgan fingerprint density at radius 3 is 2.75 bits per heavy atom. The van der Waals surface area contributed by atoms with Crippen LogP contribution in [0, 0.1) is 4.77 Å². The van der Waals surface area contributed by atoms with Gasteiger partial charge in [0, 0.05) is 26.7 Å². The molecule has 0 spiro atoms. The van der Waals surface area contributed by atoms with Crippen LogP contribution in [0.3, 0.4) is 0 Å². The van der Waals surface area contributed by atoms with Crippen molar-refractivity contribution >= 4 is 18.2 Å². The molecule has 5 nitrogen and oxygen atoms in total. The number of rotatable bonds is 6. The highest BCUT2D eigenvalue weighted by Gasteiger charge is 2.17. The zero-order valence-electron chi connectivity index (χ0n) is 10.4. The van der Waals surface area contributed by atoms with Gasteiger partial charge in [-0.1, -0.05) is 6.92 Å². The molecule has 0 aliphatic heterocycles. The van der Waals surface area contributed by atoms with E-state index in [-0.39, 0.29) is 0 Å². The summed E-state index contributed by atoms with van der Waals surface area (Å²) in [5, 5.41) is 7.06. The number of methoxy groups -OCH3 is 1. The molecule has 0 aromatic carbocycles. The minimum atomic E-state index is 0.416. The Balaban J connectivity index is 2.91. The first-order valence-corrected chi connectivity index (χ1v) is 5.89. The first-order valence-electron chi connectivity index (χ1n) is 5.48. The van der Waals surface area contributed by atoms with Gasteiger partial charge in [0.05, 0.1) is 6.61 Å². The van der Waals surface area contributed by atoms with E-state index in [1.54, 1.807) is 7.11 Å². The molecule has 0 amide bonds. The van der Waals surface area contributed by atoms with Gasteiger partial charge in [0.25, 0.3) is 0 Å². The molecule has 92 valence electrons. The van der Waals surface area contributed by atoms with Crippen molar-refractivity contribution in [3.8, 4) is 0 Å². The number of hydrogen-bond acceptors (Lipinski definition) is 4. The van der Waals surface area contributed by atoms with Crippen molar-refractivity contribution in [2.75, 3.05) is 25.2 Å². The molecule has 0 saturated heterocycles. The smallest absolute Gasteiger partial charge is 0.225 e. The molecular formula is C10H20N4OS. The van der Waals surface area contributed by atoms with E-state index in [0.29, 0.717) is 17.4 Å². The first-order chi connectivity index (χ1) is 7.61. The van der Waals surface area contributed by atoms with Gasteiger partial charge in [-0.2, -0.15) is 0 Å². The Kier molecular flexibility index (Phi) is 4.95. The molecule has 1 atom stereocenters. The summed E-state index contributed by atoms with van der Waals surface area (Å²) in [5.74, 6) is 0.872. The average molecular weight is 244 g/mol. The highest BCUT2D eigenvalue weighted by molar-refractivity contribution is 7.71. The summed E-state index contributed by atoms with van der Waals surface area (Å²) in [7, 11) is 3.63. The third-order valence-electron chi connectivity index (χ3n) is 2.77. The van der Waals surface area contributed by atoms with Crippen molar-refractivity contribution in [1.82, 2.24) is 14.8 Å². The number of nitrogens with zero attached hydrogens (tertiary/aromatic N) is 3. The highest BCUT2D eigenvalue weighted by Crippen LogP contribution is 2.14. The molecule has 1 unspecified atom stereocenters. The van der Waals surface area contributed by atoms with Crippen molar-refractivity contribution in [2.45, 2.75) is 26.3 Å². The molecule has 0 radical (unpaired) electrons. The van der Waals surface area contributed by atoms with Gasteiger partial charge in [-0.05, 0) is 25.6 Å². The molecule has 1 heterocycles. The summed E-state index contributed by atoms with van der Waals surface area (Å²) < 4.78 is 7.65. The molecule has 1 rings (SSSR count). The van der Waals surface area contributed by atoms with Crippen molar-refractivity contribution in [3.63, 3.8) is 0 Å². The maximum Gasteiger partial charge on any atom is 0.225 e. The van der Waals surface area contributed by atoms with Crippen molar-refractivity contribution in [2.24, 2.45) is 7.05 Å². The van der Waals surface area contributed by atoms with Gasteiger partial charge in [-0.3, -0.25) is 4.57 Å². The summed E-state index contributed by atoms with van der Waals surface area (Å²) in [4.78, 5) is 2.20. The zero-order valence-corrected chi connectivity index (χ0v) is 11.2. The van der Waals surface area contributed by atoms with Crippen LogP contribution in [0.4, 0.5) is 5.95 Å². The lowest BCUT2D eigenvalue weighted by Crippen LogP contribution is -2.37. The Morgan fingerprint density at radius 2 is 2.31 bits per heavy atom. The van der Waals surface area contributed by atoms with E-state index in [9.17, 15) is 0 Å². The van der Waals surface area contributed by atoms with Crippen LogP contribution in [0.1, 0.15) is 20.3 Å². The van der Waals surface area contributed by atoms with E-state index in [1.165, 1.54) is 0 Å². The second kappa shape index (κ2) is 6.00. The highest BCUT2D eigenvalue weighted by atomic mass is 32.1. The molecule has 0 saturated carbocycles. The molecule has 16 heavy (non-hydrogen) atoms. The average Bonchev–Trinajstić information content (AvgIpc) is 2.61. The number of aromatic amines is 1. The number of aromatic nitrogens is 3. The second-order valence-electron chi connectivity index (χ2n) is 3.83. The first kappa shape index (κ1) is 13.2. The lowest BCUT2D eigenvalue weighted by atomic mass is 10.2. The van der Waals surface area contributed by atoms with Crippen molar-refractivity contribution < 1.29 is 4.74 Å². The standard InChI is InChI=1S/C10H20N4OS/c1-5-8(2)14(6-7-15-4)9-11-12-10(16)13(9)3/h8H,5-7H2,1-4H3,(H,12,16). The van der Waals surface area contributed by atoms with Gasteiger partial charge >= 0.3 is 0 Å². The topological polar surface area (TPSA) is 46.1 Å². The zero-order chi connectivity index (χ0) is 12.1. The van der Waals surface area contributed by atoms with Crippen LogP contribution >= 0.6 is 12.2 Å². The van der Waals surface area contributed by atoms with Crippen LogP contribution < -0.4 is 4.90 Å². The largest absolute Gasteiger partial charge is 0.383 e. The molecule has 6 heteroatoms. The fourth-order valence-electron chi connectivity index (χ4n) is 1.52. The second-order valence-corrected chi connectivity index (χ2v) is 4.22. The van der Waals surface area contributed by atoms with Crippen LogP contribution in [0.5, 0.6) is 0 Å². The monoisotopic (exact) mass is 244 g/mol. The summed E-state index contributed by atoms with van der Waals surface area (Å²) in [6.45, 7) is 5.84. The van der Waals surface area contributed by atoms with E-state index >= 15 is 0 Å². The number of hydrogen-bond donors (Lipinski definition) is 1. The van der Waals surface area contributed by atoms with E-state index in [0.717, 1.165) is 18.9 Å². The predicted molar refractivity (Wildman–Crippen MR) is 67.4 cm³/mol. The Hall–Kier alpha value is -0.880. The molecular weight excluding hydrogens is 224 g/mol. The molecule has 1 aromatic rings. The fourth-order valence-corrected chi connectivity index (χ4v) is 1.65. The molecule has 0 bridgehead atoms. The molecule has 0 aliphatic rings. The van der Waals surface area contributed by atoms with Gasteiger partial charge in [-0.25, -0.2) is 5.10 Å². The van der Waals surface area contributed by atoms with Crippen LogP contribution in [0.15, 0.2) is 0 Å². The van der Waals surface area contributed by atoms with Crippen molar-refractivity contribution in [3.05, 3.63) is 4.77 Å². The minimum absolute atomic E-state index is 0.416. The summed E-state index contributed by atoms with van der Waals surface area (Å²) >= 11 is 5.12. The van der Waals surface area contributed by atoms with Gasteiger partial charge in [0.2, 0.25) is 5.95 Å². The molecule has 1 N–H and O–H groups in total. The normalized spacial score (nSPS) is 12.8. The van der Waals surface area contributed by atoms with E-state index in [2.05, 4.69) is 28.9 Å². The molecule has 0 aliphatic carbocycles. The molecule has 0 fully saturated rings. The van der Waals surface area contributed by atoms with Crippen LogP contribution in [-0.4, -0.2) is 41.1 Å². The summed E-state index contributed by atoms with van der Waals surface area (Å²) in [6, 6.07) is 0.416.